The van der Waals surface area contributed by atoms with Crippen molar-refractivity contribution in [3.05, 3.63) is 54.8 Å². The van der Waals surface area contributed by atoms with Crippen LogP contribution < -0.4 is 14.4 Å². The quantitative estimate of drug-likeness (QED) is 0.285. The maximum absolute atomic E-state index is 13.6. The fourth-order valence-electron chi connectivity index (χ4n) is 3.98. The summed E-state index contributed by atoms with van der Waals surface area (Å²) >= 11 is 1.40. The van der Waals surface area contributed by atoms with Gasteiger partial charge in [0.2, 0.25) is 10.0 Å². The molecule has 1 heterocycles. The summed E-state index contributed by atoms with van der Waals surface area (Å²) in [5.41, 5.74) is 0.839. The largest absolute Gasteiger partial charge is 0.478 e. The first-order chi connectivity index (χ1) is 15.7. The Labute approximate surface area is 199 Å². The Hall–Kier alpha value is -2.49. The molecular weight excluding hydrogens is 460 g/mol. The van der Waals surface area contributed by atoms with E-state index in [9.17, 15) is 13.2 Å². The van der Waals surface area contributed by atoms with Crippen molar-refractivity contribution < 1.29 is 23.1 Å². The molecule has 0 amide bonds. The highest BCUT2D eigenvalue weighted by atomic mass is 32.2. The maximum atomic E-state index is 13.6. The van der Waals surface area contributed by atoms with Crippen LogP contribution >= 0.6 is 11.8 Å². The van der Waals surface area contributed by atoms with Crippen molar-refractivity contribution in [2.75, 3.05) is 17.7 Å². The van der Waals surface area contributed by atoms with Crippen LogP contribution in [-0.4, -0.2) is 37.8 Å². The van der Waals surface area contributed by atoms with Crippen LogP contribution in [0.3, 0.4) is 0 Å². The predicted molar refractivity (Wildman–Crippen MR) is 132 cm³/mol. The van der Waals surface area contributed by atoms with E-state index in [2.05, 4.69) is 16.5 Å². The zero-order valence-electron chi connectivity index (χ0n) is 19.1. The third-order valence-corrected chi connectivity index (χ3v) is 8.16. The molecule has 0 aromatic heterocycles. The topological polar surface area (TPSA) is 95.9 Å². The van der Waals surface area contributed by atoms with Crippen LogP contribution in [-0.2, 0) is 14.8 Å². The van der Waals surface area contributed by atoms with Crippen LogP contribution in [0.1, 0.15) is 39.5 Å². The highest BCUT2D eigenvalue weighted by Crippen LogP contribution is 2.43. The number of rotatable bonds is 9. The second-order valence-corrected chi connectivity index (χ2v) is 10.5. The van der Waals surface area contributed by atoms with E-state index in [0.29, 0.717) is 23.5 Å². The number of benzene rings is 2. The Morgan fingerprint density at radius 2 is 2.00 bits per heavy atom. The molecule has 9 heteroatoms. The molecule has 33 heavy (non-hydrogen) atoms. The number of sulfonamides is 1. The average molecular weight is 491 g/mol. The smallest absolute Gasteiger partial charge is 0.331 e. The molecule has 3 rings (SSSR count). The number of aliphatic carboxylic acids is 1. The van der Waals surface area contributed by atoms with Gasteiger partial charge in [0.15, 0.2) is 0 Å². The van der Waals surface area contributed by atoms with Gasteiger partial charge in [0.1, 0.15) is 10.6 Å². The van der Waals surface area contributed by atoms with Gasteiger partial charge in [-0.25, -0.2) is 17.9 Å². The minimum Gasteiger partial charge on any atom is -0.478 e. The Balaban J connectivity index is 2.22. The van der Waals surface area contributed by atoms with Crippen LogP contribution in [0.5, 0.6) is 5.75 Å². The molecule has 178 valence electrons. The molecule has 1 unspecified atom stereocenters. The first-order valence-corrected chi connectivity index (χ1v) is 13.6. The minimum atomic E-state index is -3.88. The summed E-state index contributed by atoms with van der Waals surface area (Å²) in [6, 6.07) is 13.0. The monoisotopic (exact) mass is 490 g/mol. The first kappa shape index (κ1) is 25.1. The second-order valence-electron chi connectivity index (χ2n) is 7.99. The van der Waals surface area contributed by atoms with E-state index in [4.69, 9.17) is 9.84 Å². The van der Waals surface area contributed by atoms with Crippen LogP contribution in [0.4, 0.5) is 11.4 Å². The van der Waals surface area contributed by atoms with Crippen molar-refractivity contribution >= 4 is 39.1 Å². The zero-order valence-corrected chi connectivity index (χ0v) is 20.7. The van der Waals surface area contributed by atoms with E-state index in [0.717, 1.165) is 37.3 Å². The number of para-hydroxylation sites is 1. The summed E-state index contributed by atoms with van der Waals surface area (Å²) in [4.78, 5) is 13.7. The lowest BCUT2D eigenvalue weighted by atomic mass is 9.89. The molecule has 7 nitrogen and oxygen atoms in total. The SMILES string of the molecule is CCCCC1(CC)CN(c2ccccc2)c2cc(SC)c(O/C=C/C(=O)O)cc2S(=O)(=O)N1. The predicted octanol–water partition coefficient (Wildman–Crippen LogP) is 5.15. The summed E-state index contributed by atoms with van der Waals surface area (Å²) in [6.07, 6.45) is 7.01. The number of nitrogens with zero attached hydrogens (tertiary/aromatic N) is 1. The van der Waals surface area contributed by atoms with Gasteiger partial charge in [0.05, 0.1) is 28.5 Å². The lowest BCUT2D eigenvalue weighted by molar-refractivity contribution is -0.131. The Morgan fingerprint density at radius 3 is 2.61 bits per heavy atom. The molecule has 1 atom stereocenters. The molecule has 0 saturated carbocycles. The van der Waals surface area contributed by atoms with E-state index in [1.165, 1.54) is 17.8 Å². The molecule has 1 aliphatic rings. The number of fused-ring (bicyclic) bond motifs is 1. The number of hydrogen-bond acceptors (Lipinski definition) is 6. The van der Waals surface area contributed by atoms with Gasteiger partial charge < -0.3 is 14.7 Å². The molecule has 2 aromatic carbocycles. The van der Waals surface area contributed by atoms with Gasteiger partial charge in [-0.15, -0.1) is 11.8 Å². The number of carboxylic acids is 1. The number of carboxylic acid groups (broad SMARTS) is 1. The number of hydrogen-bond donors (Lipinski definition) is 2. The van der Waals surface area contributed by atoms with E-state index < -0.39 is 21.5 Å². The lowest BCUT2D eigenvalue weighted by Gasteiger charge is -2.36. The van der Waals surface area contributed by atoms with E-state index >= 15 is 0 Å². The van der Waals surface area contributed by atoms with Gasteiger partial charge in [-0.3, -0.25) is 0 Å². The van der Waals surface area contributed by atoms with Crippen LogP contribution in [0, 0.1) is 0 Å². The van der Waals surface area contributed by atoms with E-state index in [1.807, 2.05) is 49.6 Å². The number of carbonyl (C=O) groups is 1. The van der Waals surface area contributed by atoms with Gasteiger partial charge in [0.25, 0.3) is 0 Å². The van der Waals surface area contributed by atoms with Gasteiger partial charge in [-0.2, -0.15) is 0 Å². The molecule has 1 aliphatic heterocycles. The average Bonchev–Trinajstić information content (AvgIpc) is 2.90. The Kier molecular flexibility index (Phi) is 8.10. The minimum absolute atomic E-state index is 0.106. The van der Waals surface area contributed by atoms with E-state index in [1.54, 1.807) is 0 Å². The normalized spacial score (nSPS) is 19.8. The highest BCUT2D eigenvalue weighted by Gasteiger charge is 2.41. The summed E-state index contributed by atoms with van der Waals surface area (Å²) in [5, 5.41) is 8.86. The Morgan fingerprint density at radius 1 is 1.27 bits per heavy atom. The van der Waals surface area contributed by atoms with Crippen molar-refractivity contribution in [3.8, 4) is 5.75 Å². The van der Waals surface area contributed by atoms with Crippen molar-refractivity contribution in [2.45, 2.75) is 54.9 Å². The second kappa shape index (κ2) is 10.6. The molecule has 0 spiro atoms. The summed E-state index contributed by atoms with van der Waals surface area (Å²) < 4.78 is 35.8. The van der Waals surface area contributed by atoms with Gasteiger partial charge in [-0.1, -0.05) is 44.9 Å². The summed E-state index contributed by atoms with van der Waals surface area (Å²) in [6.45, 7) is 4.60. The van der Waals surface area contributed by atoms with Gasteiger partial charge in [0, 0.05) is 18.3 Å². The lowest BCUT2D eigenvalue weighted by Crippen LogP contribution is -2.52. The van der Waals surface area contributed by atoms with Crippen molar-refractivity contribution in [2.24, 2.45) is 0 Å². The molecule has 2 N–H and O–H groups in total. The number of nitrogens with one attached hydrogen (secondary N) is 1. The van der Waals surface area contributed by atoms with E-state index in [-0.39, 0.29) is 10.6 Å². The number of unbranched alkanes of at least 4 members (excludes halogenated alkanes) is 1. The first-order valence-electron chi connectivity index (χ1n) is 10.9. The molecule has 0 fully saturated rings. The number of thioether (sulfide) groups is 1. The van der Waals surface area contributed by atoms with Crippen molar-refractivity contribution in [1.82, 2.24) is 4.72 Å². The molecule has 0 radical (unpaired) electrons. The van der Waals surface area contributed by atoms with Crippen LogP contribution in [0.25, 0.3) is 0 Å². The van der Waals surface area contributed by atoms with Gasteiger partial charge in [-0.05, 0) is 37.3 Å². The summed E-state index contributed by atoms with van der Waals surface area (Å²) in [5.74, 6) is -0.863. The molecule has 2 aromatic rings. The zero-order chi connectivity index (χ0) is 24.1. The molecular formula is C24H30N2O5S2. The van der Waals surface area contributed by atoms with Crippen LogP contribution in [0.2, 0.25) is 0 Å². The fourth-order valence-corrected chi connectivity index (χ4v) is 6.21. The highest BCUT2D eigenvalue weighted by molar-refractivity contribution is 7.98. The molecule has 0 bridgehead atoms. The molecule has 0 aliphatic carbocycles. The van der Waals surface area contributed by atoms with Crippen molar-refractivity contribution in [3.63, 3.8) is 0 Å². The standard InChI is InChI=1S/C24H30N2O5S2/c1-4-6-13-24(5-2)17-26(18-10-8-7-9-11-18)19-15-21(32-3)20(31-14-12-23(27)28)16-22(19)33(29,30)25-24/h7-12,14-16,25H,4-6,13,17H2,1-3H3,(H,27,28)/b14-12+. The summed E-state index contributed by atoms with van der Waals surface area (Å²) in [7, 11) is -3.88. The third kappa shape index (κ3) is 5.72. The van der Waals surface area contributed by atoms with Gasteiger partial charge >= 0.3 is 5.97 Å². The Bertz CT molecular complexity index is 1120. The molecule has 0 saturated heterocycles. The fraction of sp³-hybridized carbons (Fsp3) is 0.375. The van der Waals surface area contributed by atoms with Crippen molar-refractivity contribution in [1.29, 1.82) is 0 Å². The third-order valence-electron chi connectivity index (χ3n) is 5.80. The van der Waals surface area contributed by atoms with Crippen LogP contribution in [0.15, 0.2) is 64.6 Å². The number of ether oxygens (including phenoxy) is 1. The number of anilines is 2. The maximum Gasteiger partial charge on any atom is 0.331 e.